The molecule has 1 aromatic heterocycles. The van der Waals surface area contributed by atoms with Gasteiger partial charge in [-0.05, 0) is 73.1 Å². The lowest BCUT2D eigenvalue weighted by Gasteiger charge is -2.44. The first-order valence-electron chi connectivity index (χ1n) is 13.0. The number of hydrogen-bond donors (Lipinski definition) is 3. The maximum absolute atomic E-state index is 13.4. The Morgan fingerprint density at radius 1 is 1.08 bits per heavy atom. The molecule has 0 spiro atoms. The monoisotopic (exact) mass is 503 g/mol. The second kappa shape index (κ2) is 8.43. The van der Waals surface area contributed by atoms with Gasteiger partial charge in [-0.1, -0.05) is 26.8 Å². The van der Waals surface area contributed by atoms with Crippen LogP contribution in [0.2, 0.25) is 0 Å². The lowest BCUT2D eigenvalue weighted by atomic mass is 9.76. The number of hydrogen-bond acceptors (Lipinski definition) is 4. The Bertz CT molecular complexity index is 1380. The van der Waals surface area contributed by atoms with E-state index in [4.69, 9.17) is 9.47 Å². The molecule has 2 aliphatic heterocycles. The molecule has 1 saturated carbocycles. The first kappa shape index (κ1) is 23.7. The van der Waals surface area contributed by atoms with E-state index in [1.165, 1.54) is 0 Å². The summed E-state index contributed by atoms with van der Waals surface area (Å²) in [7, 11) is 0. The molecule has 3 aliphatic rings. The third-order valence-corrected chi connectivity index (χ3v) is 8.30. The molecule has 2 fully saturated rings. The molecule has 8 nitrogen and oxygen atoms in total. The van der Waals surface area contributed by atoms with Gasteiger partial charge in [-0.25, -0.2) is 4.79 Å². The zero-order chi connectivity index (χ0) is 25.9. The second-order valence-electron chi connectivity index (χ2n) is 11.7. The molecule has 0 bridgehead atoms. The van der Waals surface area contributed by atoms with Crippen molar-refractivity contribution >= 4 is 28.6 Å². The van der Waals surface area contributed by atoms with Crippen LogP contribution in [0, 0.1) is 5.41 Å². The first-order valence-corrected chi connectivity index (χ1v) is 13.0. The Morgan fingerprint density at radius 3 is 2.59 bits per heavy atom. The van der Waals surface area contributed by atoms with E-state index in [-0.39, 0.29) is 30.1 Å². The van der Waals surface area contributed by atoms with Crippen LogP contribution in [0.5, 0.6) is 11.5 Å². The van der Waals surface area contributed by atoms with Gasteiger partial charge in [0.1, 0.15) is 0 Å². The minimum absolute atomic E-state index is 0.00413. The summed E-state index contributed by atoms with van der Waals surface area (Å²) in [6, 6.07) is 13.8. The van der Waals surface area contributed by atoms with Gasteiger partial charge in [0.15, 0.2) is 11.5 Å². The highest BCUT2D eigenvalue weighted by atomic mass is 16.7. The Kier molecular flexibility index (Phi) is 5.40. The fourth-order valence-corrected chi connectivity index (χ4v) is 5.97. The van der Waals surface area contributed by atoms with Crippen molar-refractivity contribution < 1.29 is 24.2 Å². The average Bonchev–Trinajstić information content (AvgIpc) is 3.35. The molecule has 1 saturated heterocycles. The van der Waals surface area contributed by atoms with Crippen molar-refractivity contribution in [3.8, 4) is 11.5 Å². The van der Waals surface area contributed by atoms with Crippen molar-refractivity contribution in [2.75, 3.05) is 18.7 Å². The molecule has 6 rings (SSSR count). The van der Waals surface area contributed by atoms with Crippen LogP contribution >= 0.6 is 0 Å². The van der Waals surface area contributed by atoms with Gasteiger partial charge in [-0.2, -0.15) is 0 Å². The standard InChI is InChI=1S/C29H33N3O5/c1-28(2,3)25-14-17(8-11-32(25)27(34)35)22-13-18-12-20(5-6-21(18)31-22)30-26(33)29(9-10-29)19-4-7-23-24(15-19)37-16-36-23/h4-7,12-13,15,17,25,31H,8-11,14,16H2,1-3H3,(H,30,33)(H,34,35). The highest BCUT2D eigenvalue weighted by Crippen LogP contribution is 2.51. The molecule has 37 heavy (non-hydrogen) atoms. The van der Waals surface area contributed by atoms with Gasteiger partial charge in [-0.3, -0.25) is 4.79 Å². The largest absolute Gasteiger partial charge is 0.465 e. The van der Waals surface area contributed by atoms with Gasteiger partial charge in [0, 0.05) is 40.8 Å². The van der Waals surface area contributed by atoms with Crippen LogP contribution < -0.4 is 14.8 Å². The summed E-state index contributed by atoms with van der Waals surface area (Å²) in [4.78, 5) is 30.3. The normalized spacial score (nSPS) is 22.2. The summed E-state index contributed by atoms with van der Waals surface area (Å²) < 4.78 is 10.9. The molecule has 194 valence electrons. The SMILES string of the molecule is CC(C)(C)C1CC(c2cc3cc(NC(=O)C4(c5ccc6c(c5)OCO6)CC4)ccc3[nH]2)CCN1C(=O)O. The van der Waals surface area contributed by atoms with E-state index >= 15 is 0 Å². The molecule has 8 heteroatoms. The third kappa shape index (κ3) is 4.18. The molecular formula is C29H33N3O5. The Labute approximate surface area is 215 Å². The number of fused-ring (bicyclic) bond motifs is 2. The van der Waals surface area contributed by atoms with Crippen molar-refractivity contribution in [1.82, 2.24) is 9.88 Å². The van der Waals surface area contributed by atoms with Gasteiger partial charge in [0.25, 0.3) is 0 Å². The van der Waals surface area contributed by atoms with Crippen LogP contribution in [0.1, 0.15) is 63.6 Å². The molecule has 0 radical (unpaired) electrons. The molecule has 2 atom stereocenters. The second-order valence-corrected chi connectivity index (χ2v) is 11.7. The van der Waals surface area contributed by atoms with Gasteiger partial charge in [0.2, 0.25) is 12.7 Å². The number of aromatic amines is 1. The van der Waals surface area contributed by atoms with Crippen LogP contribution in [0.15, 0.2) is 42.5 Å². The molecule has 1 aliphatic carbocycles. The highest BCUT2D eigenvalue weighted by Gasteiger charge is 2.51. The topological polar surface area (TPSA) is 104 Å². The number of rotatable bonds is 4. The van der Waals surface area contributed by atoms with E-state index in [9.17, 15) is 14.7 Å². The summed E-state index contributed by atoms with van der Waals surface area (Å²) in [5, 5.41) is 13.9. The zero-order valence-corrected chi connectivity index (χ0v) is 21.5. The van der Waals surface area contributed by atoms with Gasteiger partial charge < -0.3 is 29.8 Å². The molecule has 2 amide bonds. The summed E-state index contributed by atoms with van der Waals surface area (Å²) in [5.41, 5.74) is 3.19. The van der Waals surface area contributed by atoms with Crippen molar-refractivity contribution in [1.29, 1.82) is 0 Å². The number of anilines is 1. The number of carbonyl (C=O) groups excluding carboxylic acids is 1. The van der Waals surface area contributed by atoms with Crippen LogP contribution in [0.25, 0.3) is 10.9 Å². The number of nitrogens with one attached hydrogen (secondary N) is 2. The van der Waals surface area contributed by atoms with E-state index in [1.54, 1.807) is 4.90 Å². The minimum Gasteiger partial charge on any atom is -0.465 e. The van der Waals surface area contributed by atoms with E-state index in [2.05, 4.69) is 37.1 Å². The zero-order valence-electron chi connectivity index (χ0n) is 21.5. The van der Waals surface area contributed by atoms with Crippen molar-refractivity contribution in [2.45, 2.75) is 63.8 Å². The van der Waals surface area contributed by atoms with Crippen LogP contribution in [0.4, 0.5) is 10.5 Å². The number of amides is 2. The van der Waals surface area contributed by atoms with Gasteiger partial charge >= 0.3 is 6.09 Å². The van der Waals surface area contributed by atoms with Crippen molar-refractivity contribution in [2.24, 2.45) is 5.41 Å². The van der Waals surface area contributed by atoms with Crippen molar-refractivity contribution in [3.05, 3.63) is 53.7 Å². The lowest BCUT2D eigenvalue weighted by Crippen LogP contribution is -2.51. The number of likely N-dealkylation sites (tertiary alicyclic amines) is 1. The first-order chi connectivity index (χ1) is 17.6. The minimum atomic E-state index is -0.843. The number of nitrogens with zero attached hydrogens (tertiary/aromatic N) is 1. The maximum Gasteiger partial charge on any atom is 0.407 e. The fourth-order valence-electron chi connectivity index (χ4n) is 5.97. The Morgan fingerprint density at radius 2 is 1.86 bits per heavy atom. The lowest BCUT2D eigenvalue weighted by molar-refractivity contribution is -0.118. The smallest absolute Gasteiger partial charge is 0.407 e. The predicted molar refractivity (Wildman–Crippen MR) is 140 cm³/mol. The summed E-state index contributed by atoms with van der Waals surface area (Å²) in [6.45, 7) is 7.05. The third-order valence-electron chi connectivity index (χ3n) is 8.30. The van der Waals surface area contributed by atoms with E-state index < -0.39 is 11.5 Å². The number of carbonyl (C=O) groups is 2. The van der Waals surface area contributed by atoms with Crippen LogP contribution in [-0.4, -0.2) is 46.4 Å². The predicted octanol–water partition coefficient (Wildman–Crippen LogP) is 5.84. The fraction of sp³-hybridized carbons (Fsp3) is 0.448. The van der Waals surface area contributed by atoms with Crippen molar-refractivity contribution in [3.63, 3.8) is 0 Å². The Hall–Kier alpha value is -3.68. The highest BCUT2D eigenvalue weighted by molar-refractivity contribution is 6.02. The number of benzene rings is 2. The average molecular weight is 504 g/mol. The maximum atomic E-state index is 13.4. The molecule has 3 heterocycles. The summed E-state index contributed by atoms with van der Waals surface area (Å²) in [5.74, 6) is 1.67. The van der Waals surface area contributed by atoms with E-state index in [0.29, 0.717) is 12.3 Å². The quantitative estimate of drug-likeness (QED) is 0.415. The van der Waals surface area contributed by atoms with Gasteiger partial charge in [0.05, 0.1) is 5.41 Å². The number of carboxylic acid groups (broad SMARTS) is 1. The van der Waals surface area contributed by atoms with Crippen LogP contribution in [-0.2, 0) is 10.2 Å². The summed E-state index contributed by atoms with van der Waals surface area (Å²) >= 11 is 0. The number of ether oxygens (including phenoxy) is 2. The number of piperidine rings is 1. The molecule has 2 aromatic carbocycles. The number of H-pyrrole nitrogens is 1. The number of aromatic nitrogens is 1. The summed E-state index contributed by atoms with van der Waals surface area (Å²) in [6.07, 6.45) is 2.33. The molecule has 3 N–H and O–H groups in total. The Balaban J connectivity index is 1.20. The molecular weight excluding hydrogens is 470 g/mol. The van der Waals surface area contributed by atoms with Crippen LogP contribution in [0.3, 0.4) is 0 Å². The van der Waals surface area contributed by atoms with E-state index in [1.807, 2.05) is 36.4 Å². The van der Waals surface area contributed by atoms with E-state index in [0.717, 1.165) is 59.3 Å². The van der Waals surface area contributed by atoms with Gasteiger partial charge in [-0.15, -0.1) is 0 Å². The molecule has 2 unspecified atom stereocenters. The molecule has 3 aromatic rings.